The number of pyridine rings is 1. The molecule has 0 saturated carbocycles. The van der Waals surface area contributed by atoms with E-state index in [-0.39, 0.29) is 17.0 Å². The van der Waals surface area contributed by atoms with E-state index < -0.39 is 11.4 Å². The minimum absolute atomic E-state index is 0.193. The van der Waals surface area contributed by atoms with Gasteiger partial charge in [0.15, 0.2) is 5.43 Å². The van der Waals surface area contributed by atoms with E-state index in [2.05, 4.69) is 9.88 Å². The number of benzene rings is 1. The van der Waals surface area contributed by atoms with Gasteiger partial charge in [0, 0.05) is 37.3 Å². The molecule has 132 valence electrons. The van der Waals surface area contributed by atoms with E-state index in [0.29, 0.717) is 30.7 Å². The maximum Gasteiger partial charge on any atom is 0.410 e. The molecule has 3 heterocycles. The van der Waals surface area contributed by atoms with E-state index in [9.17, 15) is 14.0 Å². The predicted octanol–water partition coefficient (Wildman–Crippen LogP) is 2.08. The molecule has 1 aromatic carbocycles. The Hall–Kier alpha value is -2.41. The second-order valence-corrected chi connectivity index (χ2v) is 7.04. The Morgan fingerprint density at radius 2 is 2.16 bits per heavy atom. The van der Waals surface area contributed by atoms with Crippen molar-refractivity contribution in [1.29, 1.82) is 0 Å². The van der Waals surface area contributed by atoms with Crippen LogP contribution < -0.4 is 5.43 Å². The molecule has 6 nitrogen and oxygen atoms in total. The van der Waals surface area contributed by atoms with Gasteiger partial charge in [0.2, 0.25) is 0 Å². The Balaban J connectivity index is 1.58. The fraction of sp³-hybridized carbons (Fsp3) is 0.444. The maximum absolute atomic E-state index is 14.0. The van der Waals surface area contributed by atoms with Gasteiger partial charge >= 0.3 is 6.09 Å². The number of H-pyrrole nitrogens is 1. The molecule has 0 bridgehead atoms. The first-order chi connectivity index (χ1) is 12.0. The van der Waals surface area contributed by atoms with Crippen LogP contribution in [0.4, 0.5) is 9.18 Å². The van der Waals surface area contributed by atoms with E-state index in [1.807, 2.05) is 0 Å². The van der Waals surface area contributed by atoms with Gasteiger partial charge in [-0.15, -0.1) is 0 Å². The molecule has 2 aliphatic heterocycles. The van der Waals surface area contributed by atoms with Gasteiger partial charge in [0.25, 0.3) is 0 Å². The van der Waals surface area contributed by atoms with E-state index in [0.717, 1.165) is 19.4 Å². The monoisotopic (exact) mass is 345 g/mol. The van der Waals surface area contributed by atoms with Gasteiger partial charge in [-0.3, -0.25) is 9.69 Å². The van der Waals surface area contributed by atoms with Crippen LogP contribution in [0.2, 0.25) is 0 Å². The molecule has 0 aliphatic carbocycles. The Labute approximate surface area is 144 Å². The molecule has 1 aromatic heterocycles. The Morgan fingerprint density at radius 1 is 1.32 bits per heavy atom. The molecule has 1 atom stereocenters. The third kappa shape index (κ3) is 2.89. The number of nitrogens with one attached hydrogen (secondary N) is 1. The lowest BCUT2D eigenvalue weighted by Gasteiger charge is -2.38. The van der Waals surface area contributed by atoms with E-state index in [1.54, 1.807) is 18.0 Å². The van der Waals surface area contributed by atoms with Gasteiger partial charge in [-0.25, -0.2) is 9.18 Å². The van der Waals surface area contributed by atoms with E-state index in [4.69, 9.17) is 4.74 Å². The second kappa shape index (κ2) is 5.84. The molecule has 25 heavy (non-hydrogen) atoms. The molecule has 2 fully saturated rings. The van der Waals surface area contributed by atoms with E-state index in [1.165, 1.54) is 18.2 Å². The smallest absolute Gasteiger partial charge is 0.410 e. The summed E-state index contributed by atoms with van der Waals surface area (Å²) in [4.78, 5) is 30.8. The van der Waals surface area contributed by atoms with Crippen molar-refractivity contribution in [3.8, 4) is 0 Å². The van der Waals surface area contributed by atoms with Crippen molar-refractivity contribution < 1.29 is 13.9 Å². The first-order valence-electron chi connectivity index (χ1n) is 8.43. The Kier molecular flexibility index (Phi) is 3.76. The highest BCUT2D eigenvalue weighted by Crippen LogP contribution is 2.31. The van der Waals surface area contributed by atoms with Gasteiger partial charge < -0.3 is 14.6 Å². The number of aromatic amines is 1. The van der Waals surface area contributed by atoms with Crippen LogP contribution in [0, 0.1) is 5.82 Å². The molecule has 2 aromatic rings. The number of halogens is 1. The summed E-state index contributed by atoms with van der Waals surface area (Å²) in [6.07, 6.45) is 1.46. The number of nitrogens with zero attached hydrogens (tertiary/aromatic N) is 2. The van der Waals surface area contributed by atoms with Crippen LogP contribution in [-0.2, 0) is 11.3 Å². The molecule has 0 unspecified atom stereocenters. The fourth-order valence-electron chi connectivity index (χ4n) is 3.95. The average molecular weight is 345 g/mol. The number of likely N-dealkylation sites (tertiary alicyclic amines) is 1. The third-order valence-electron chi connectivity index (χ3n) is 5.02. The summed E-state index contributed by atoms with van der Waals surface area (Å²) < 4.78 is 19.6. The van der Waals surface area contributed by atoms with Crippen LogP contribution in [0.5, 0.6) is 0 Å². The second-order valence-electron chi connectivity index (χ2n) is 7.04. The van der Waals surface area contributed by atoms with Crippen LogP contribution in [0.15, 0.2) is 29.1 Å². The number of amides is 1. The molecule has 2 aliphatic rings. The lowest BCUT2D eigenvalue weighted by Crippen LogP contribution is -2.50. The molecule has 1 N–H and O–H groups in total. The quantitative estimate of drug-likeness (QED) is 0.905. The summed E-state index contributed by atoms with van der Waals surface area (Å²) >= 11 is 0. The molecular weight excluding hydrogens is 325 g/mol. The fourth-order valence-corrected chi connectivity index (χ4v) is 3.95. The minimum Gasteiger partial charge on any atom is -0.440 e. The standard InChI is InChI=1S/C18H20FN3O3/c1-21-10-18(25-17(21)24)6-3-7-22(11-18)9-12-8-15(23)13-4-2-5-14(19)16(13)20-12/h2,4-5,8H,3,6-7,9-11H2,1H3,(H,20,23)/t18-/m1/s1. The number of para-hydroxylation sites is 1. The van der Waals surface area contributed by atoms with Gasteiger partial charge in [-0.05, 0) is 31.5 Å². The molecule has 1 spiro atoms. The zero-order valence-corrected chi connectivity index (χ0v) is 14.0. The van der Waals surface area contributed by atoms with Gasteiger partial charge in [-0.1, -0.05) is 6.07 Å². The van der Waals surface area contributed by atoms with Crippen molar-refractivity contribution in [3.63, 3.8) is 0 Å². The summed E-state index contributed by atoms with van der Waals surface area (Å²) in [7, 11) is 1.74. The topological polar surface area (TPSA) is 65.6 Å². The van der Waals surface area contributed by atoms with Crippen molar-refractivity contribution in [1.82, 2.24) is 14.8 Å². The Bertz CT molecular complexity index is 897. The van der Waals surface area contributed by atoms with Crippen molar-refractivity contribution in [3.05, 3.63) is 46.0 Å². The molecule has 4 rings (SSSR count). The van der Waals surface area contributed by atoms with Gasteiger partial charge in [-0.2, -0.15) is 0 Å². The van der Waals surface area contributed by atoms with E-state index >= 15 is 0 Å². The summed E-state index contributed by atoms with van der Waals surface area (Å²) in [5.41, 5.74) is 0.231. The van der Waals surface area contributed by atoms with Crippen molar-refractivity contribution in [2.24, 2.45) is 0 Å². The normalized spacial score (nSPS) is 24.2. The molecule has 1 amide bonds. The first kappa shape index (κ1) is 16.1. The molecular formula is C18H20FN3O3. The van der Waals surface area contributed by atoms with Crippen LogP contribution in [0.3, 0.4) is 0 Å². The highest BCUT2D eigenvalue weighted by atomic mass is 19.1. The highest BCUT2D eigenvalue weighted by molar-refractivity contribution is 5.78. The number of hydrogen-bond donors (Lipinski definition) is 1. The SMILES string of the molecule is CN1C[C@@]2(CCCN(Cc3cc(=O)c4cccc(F)c4[nH]3)C2)OC1=O. The van der Waals surface area contributed by atoms with Crippen LogP contribution in [-0.4, -0.2) is 53.2 Å². The summed E-state index contributed by atoms with van der Waals surface area (Å²) in [6, 6.07) is 6.01. The maximum atomic E-state index is 14.0. The number of aromatic nitrogens is 1. The van der Waals surface area contributed by atoms with Crippen LogP contribution in [0.1, 0.15) is 18.5 Å². The number of ether oxygens (including phenoxy) is 1. The average Bonchev–Trinajstić information content (AvgIpc) is 2.82. The zero-order chi connectivity index (χ0) is 17.6. The van der Waals surface area contributed by atoms with Gasteiger partial charge in [0.05, 0.1) is 12.1 Å². The summed E-state index contributed by atoms with van der Waals surface area (Å²) in [5.74, 6) is -0.432. The Morgan fingerprint density at radius 3 is 2.92 bits per heavy atom. The number of fused-ring (bicyclic) bond motifs is 1. The largest absolute Gasteiger partial charge is 0.440 e. The third-order valence-corrected chi connectivity index (χ3v) is 5.02. The molecule has 2 saturated heterocycles. The lowest BCUT2D eigenvalue weighted by molar-refractivity contribution is -0.0116. The number of carbonyl (C=O) groups excluding carboxylic acids is 1. The molecule has 7 heteroatoms. The first-order valence-corrected chi connectivity index (χ1v) is 8.43. The van der Waals surface area contributed by atoms with Crippen LogP contribution in [0.25, 0.3) is 10.9 Å². The number of carbonyl (C=O) groups is 1. The van der Waals surface area contributed by atoms with Gasteiger partial charge in [0.1, 0.15) is 11.4 Å². The van der Waals surface area contributed by atoms with Crippen molar-refractivity contribution in [2.75, 3.05) is 26.7 Å². The van der Waals surface area contributed by atoms with Crippen LogP contribution >= 0.6 is 0 Å². The summed E-state index contributed by atoms with van der Waals surface area (Å²) in [6.45, 7) is 2.52. The van der Waals surface area contributed by atoms with Crippen molar-refractivity contribution >= 4 is 17.0 Å². The summed E-state index contributed by atoms with van der Waals surface area (Å²) in [5, 5.41) is 0.352. The number of piperidine rings is 1. The highest BCUT2D eigenvalue weighted by Gasteiger charge is 2.46. The number of rotatable bonds is 2. The minimum atomic E-state index is -0.480. The van der Waals surface area contributed by atoms with Crippen molar-refractivity contribution in [2.45, 2.75) is 25.0 Å². The lowest BCUT2D eigenvalue weighted by atomic mass is 9.92. The number of hydrogen-bond acceptors (Lipinski definition) is 4. The predicted molar refractivity (Wildman–Crippen MR) is 90.9 cm³/mol. The number of likely N-dealkylation sites (N-methyl/N-ethyl adjacent to an activating group) is 1. The zero-order valence-electron chi connectivity index (χ0n) is 14.0. The molecule has 0 radical (unpaired) electrons.